The first-order valence-corrected chi connectivity index (χ1v) is 10.0. The number of carbonyl (C=O) groups is 1. The van der Waals surface area contributed by atoms with Crippen molar-refractivity contribution >= 4 is 17.6 Å². The highest BCUT2D eigenvalue weighted by molar-refractivity contribution is 5.76. The van der Waals surface area contributed by atoms with Gasteiger partial charge >= 0.3 is 0 Å². The van der Waals surface area contributed by atoms with Gasteiger partial charge in [-0.1, -0.05) is 12.2 Å². The topological polar surface area (TPSA) is 82.8 Å². The second-order valence-corrected chi connectivity index (χ2v) is 8.06. The van der Waals surface area contributed by atoms with Gasteiger partial charge in [-0.3, -0.25) is 4.79 Å². The van der Waals surface area contributed by atoms with Crippen LogP contribution in [0.4, 0.5) is 0 Å². The predicted octanol–water partition coefficient (Wildman–Crippen LogP) is 3.48. The lowest BCUT2D eigenvalue weighted by Gasteiger charge is -2.26. The van der Waals surface area contributed by atoms with Crippen LogP contribution in [-0.2, 0) is 21.7 Å². The number of hydrogen-bond donors (Lipinski definition) is 0. The number of imidazole rings is 1. The van der Waals surface area contributed by atoms with Crippen molar-refractivity contribution in [2.24, 2.45) is 0 Å². The molecule has 0 radical (unpaired) electrons. The quantitative estimate of drug-likeness (QED) is 0.474. The molecular formula is C22H23N5O2. The Balaban J connectivity index is 1.50. The van der Waals surface area contributed by atoms with Crippen molar-refractivity contribution < 1.29 is 9.53 Å². The van der Waals surface area contributed by atoms with Crippen LogP contribution in [0.5, 0.6) is 0 Å². The zero-order chi connectivity index (χ0) is 20.0. The first-order chi connectivity index (χ1) is 14.1. The summed E-state index contributed by atoms with van der Waals surface area (Å²) >= 11 is 0. The lowest BCUT2D eigenvalue weighted by molar-refractivity contribution is -0.143. The summed E-state index contributed by atoms with van der Waals surface area (Å²) in [5.74, 6) is 2.27. The van der Waals surface area contributed by atoms with E-state index in [9.17, 15) is 4.79 Å². The molecule has 2 aliphatic rings. The average Bonchev–Trinajstić information content (AvgIpc) is 3.33. The Morgan fingerprint density at radius 2 is 1.90 bits per heavy atom. The fourth-order valence-electron chi connectivity index (χ4n) is 4.17. The largest absolute Gasteiger partial charge is 0.456 e. The first-order valence-electron chi connectivity index (χ1n) is 10.0. The molecule has 7 heteroatoms. The van der Waals surface area contributed by atoms with Gasteiger partial charge in [-0.2, -0.15) is 0 Å². The van der Waals surface area contributed by atoms with E-state index in [1.165, 1.54) is 12.8 Å². The fraction of sp³-hybridized carbons (Fsp3) is 0.409. The van der Waals surface area contributed by atoms with Gasteiger partial charge in [0.15, 0.2) is 5.65 Å². The Morgan fingerprint density at radius 1 is 1.17 bits per heavy atom. The SMILES string of the molecule is Cc1cc(C)c2nc(C3CC3)n(Cc3ncc(C4(OC=O)CC=CC4)cn3)c2n1. The minimum absolute atomic E-state index is 0.497. The maximum atomic E-state index is 11.0. The molecule has 1 fully saturated rings. The van der Waals surface area contributed by atoms with E-state index >= 15 is 0 Å². The van der Waals surface area contributed by atoms with E-state index in [2.05, 4.69) is 27.5 Å². The molecular weight excluding hydrogens is 366 g/mol. The van der Waals surface area contributed by atoms with Gasteiger partial charge in [0.1, 0.15) is 22.8 Å². The maximum absolute atomic E-state index is 11.0. The Morgan fingerprint density at radius 3 is 2.55 bits per heavy atom. The van der Waals surface area contributed by atoms with Gasteiger partial charge in [-0.25, -0.2) is 19.9 Å². The van der Waals surface area contributed by atoms with Gasteiger partial charge < -0.3 is 9.30 Å². The van der Waals surface area contributed by atoms with Crippen LogP contribution in [0.15, 0.2) is 30.6 Å². The minimum atomic E-state index is -0.670. The summed E-state index contributed by atoms with van der Waals surface area (Å²) in [5, 5.41) is 0. The van der Waals surface area contributed by atoms with Crippen molar-refractivity contribution in [2.45, 2.75) is 57.6 Å². The summed E-state index contributed by atoms with van der Waals surface area (Å²) in [4.78, 5) is 29.8. The Labute approximate surface area is 168 Å². The van der Waals surface area contributed by atoms with Crippen molar-refractivity contribution in [1.82, 2.24) is 24.5 Å². The van der Waals surface area contributed by atoms with Gasteiger partial charge in [-0.05, 0) is 38.3 Å². The molecule has 0 aliphatic heterocycles. The molecule has 7 nitrogen and oxygen atoms in total. The number of carbonyl (C=O) groups excluding carboxylic acids is 1. The molecule has 0 atom stereocenters. The molecule has 0 spiro atoms. The highest BCUT2D eigenvalue weighted by atomic mass is 16.5. The highest BCUT2D eigenvalue weighted by Crippen LogP contribution is 2.41. The number of aromatic nitrogens is 5. The molecule has 3 aromatic heterocycles. The number of hydrogen-bond acceptors (Lipinski definition) is 6. The Hall–Kier alpha value is -3.09. The Kier molecular flexibility index (Phi) is 4.19. The van der Waals surface area contributed by atoms with Crippen LogP contribution in [0.2, 0.25) is 0 Å². The lowest BCUT2D eigenvalue weighted by Crippen LogP contribution is -2.26. The Bertz CT molecular complexity index is 1100. The third-order valence-electron chi connectivity index (χ3n) is 5.86. The minimum Gasteiger partial charge on any atom is -0.456 e. The van der Waals surface area contributed by atoms with Gasteiger partial charge in [-0.15, -0.1) is 0 Å². The van der Waals surface area contributed by atoms with Gasteiger partial charge in [0.2, 0.25) is 0 Å². The van der Waals surface area contributed by atoms with Crippen molar-refractivity contribution in [3.63, 3.8) is 0 Å². The average molecular weight is 389 g/mol. The molecule has 0 unspecified atom stereocenters. The number of nitrogens with zero attached hydrogens (tertiary/aromatic N) is 5. The van der Waals surface area contributed by atoms with Crippen molar-refractivity contribution in [2.75, 3.05) is 0 Å². The molecule has 3 heterocycles. The lowest BCUT2D eigenvalue weighted by atomic mass is 9.93. The van der Waals surface area contributed by atoms with E-state index in [0.717, 1.165) is 33.8 Å². The zero-order valence-corrected chi connectivity index (χ0v) is 16.6. The third-order valence-corrected chi connectivity index (χ3v) is 5.86. The molecule has 29 heavy (non-hydrogen) atoms. The number of ether oxygens (including phenoxy) is 1. The normalized spacial score (nSPS) is 17.7. The zero-order valence-electron chi connectivity index (χ0n) is 16.6. The van der Waals surface area contributed by atoms with E-state index in [0.29, 0.717) is 37.6 Å². The maximum Gasteiger partial charge on any atom is 0.293 e. The van der Waals surface area contributed by atoms with Crippen LogP contribution < -0.4 is 0 Å². The van der Waals surface area contributed by atoms with E-state index in [-0.39, 0.29) is 0 Å². The summed E-state index contributed by atoms with van der Waals surface area (Å²) in [6, 6.07) is 2.07. The molecule has 0 amide bonds. The number of rotatable bonds is 6. The second kappa shape index (κ2) is 6.76. The molecule has 0 saturated heterocycles. The molecule has 1 saturated carbocycles. The molecule has 2 aliphatic carbocycles. The molecule has 5 rings (SSSR count). The number of pyridine rings is 1. The molecule has 0 bridgehead atoms. The van der Waals surface area contributed by atoms with Crippen molar-refractivity contribution in [3.8, 4) is 0 Å². The molecule has 0 N–H and O–H groups in total. The number of fused-ring (bicyclic) bond motifs is 1. The molecule has 3 aromatic rings. The monoisotopic (exact) mass is 389 g/mol. The molecule has 148 valence electrons. The van der Waals surface area contributed by atoms with Crippen molar-refractivity contribution in [3.05, 3.63) is 59.1 Å². The van der Waals surface area contributed by atoms with Crippen LogP contribution >= 0.6 is 0 Å². The second-order valence-electron chi connectivity index (χ2n) is 8.06. The number of aryl methyl sites for hydroxylation is 2. The van der Waals surface area contributed by atoms with Crippen LogP contribution in [0, 0.1) is 13.8 Å². The highest BCUT2D eigenvalue weighted by Gasteiger charge is 2.36. The van der Waals surface area contributed by atoms with Gasteiger partial charge in [0.25, 0.3) is 6.47 Å². The van der Waals surface area contributed by atoms with E-state index in [4.69, 9.17) is 14.7 Å². The van der Waals surface area contributed by atoms with E-state index < -0.39 is 5.60 Å². The van der Waals surface area contributed by atoms with Crippen LogP contribution in [-0.4, -0.2) is 31.0 Å². The summed E-state index contributed by atoms with van der Waals surface area (Å²) < 4.78 is 7.58. The smallest absolute Gasteiger partial charge is 0.293 e. The fourth-order valence-corrected chi connectivity index (χ4v) is 4.17. The van der Waals surface area contributed by atoms with Gasteiger partial charge in [0.05, 0.1) is 6.54 Å². The van der Waals surface area contributed by atoms with Crippen molar-refractivity contribution in [1.29, 1.82) is 0 Å². The van der Waals surface area contributed by atoms with Crippen LogP contribution in [0.1, 0.15) is 60.1 Å². The summed E-state index contributed by atoms with van der Waals surface area (Å²) in [5.41, 5.74) is 4.14. The first kappa shape index (κ1) is 18.0. The summed E-state index contributed by atoms with van der Waals surface area (Å²) in [6.45, 7) is 5.13. The van der Waals surface area contributed by atoms with Crippen LogP contribution in [0.3, 0.4) is 0 Å². The predicted molar refractivity (Wildman–Crippen MR) is 107 cm³/mol. The molecule has 0 aromatic carbocycles. The summed E-state index contributed by atoms with van der Waals surface area (Å²) in [6.07, 6.45) is 11.2. The third kappa shape index (κ3) is 3.10. The van der Waals surface area contributed by atoms with E-state index in [1.54, 1.807) is 12.4 Å². The summed E-state index contributed by atoms with van der Waals surface area (Å²) in [7, 11) is 0. The van der Waals surface area contributed by atoms with Gasteiger partial charge in [0, 0.05) is 42.4 Å². The van der Waals surface area contributed by atoms with Crippen LogP contribution in [0.25, 0.3) is 11.2 Å². The van der Waals surface area contributed by atoms with E-state index in [1.807, 2.05) is 19.1 Å². The standard InChI is InChI=1S/C22H23N5O2/c1-14-9-15(2)25-21-19(14)26-20(16-5-6-16)27(21)12-18-23-10-17(11-24-18)22(29-13-28)7-3-4-8-22/h3-4,9-11,13,16H,5-8,12H2,1-2H3.